The van der Waals surface area contributed by atoms with Crippen LogP contribution in [0, 0.1) is 5.92 Å². The van der Waals surface area contributed by atoms with Crippen LogP contribution in [-0.4, -0.2) is 60.4 Å². The highest BCUT2D eigenvalue weighted by Crippen LogP contribution is 2.41. The van der Waals surface area contributed by atoms with E-state index in [2.05, 4.69) is 15.0 Å². The van der Waals surface area contributed by atoms with E-state index in [0.717, 1.165) is 48.0 Å². The number of imidazole rings is 1. The molecule has 2 aromatic heterocycles. The molecule has 38 heavy (non-hydrogen) atoms. The molecule has 11 heteroatoms. The van der Waals surface area contributed by atoms with Crippen LogP contribution >= 0.6 is 0 Å². The van der Waals surface area contributed by atoms with Crippen molar-refractivity contribution in [3.8, 4) is 0 Å². The van der Waals surface area contributed by atoms with E-state index in [1.165, 1.54) is 7.11 Å². The van der Waals surface area contributed by atoms with E-state index < -0.39 is 11.6 Å². The largest absolute Gasteiger partial charge is 0.481 e. The smallest absolute Gasteiger partial charge is 0.414 e. The highest BCUT2D eigenvalue weighted by Gasteiger charge is 2.34. The van der Waals surface area contributed by atoms with E-state index in [-0.39, 0.29) is 24.1 Å². The molecule has 0 unspecified atom stereocenters. The van der Waals surface area contributed by atoms with Crippen molar-refractivity contribution in [2.45, 2.75) is 83.5 Å². The lowest BCUT2D eigenvalue weighted by molar-refractivity contribution is -0.143. The van der Waals surface area contributed by atoms with E-state index >= 15 is 0 Å². The molecule has 0 radical (unpaired) electrons. The van der Waals surface area contributed by atoms with Crippen molar-refractivity contribution in [2.24, 2.45) is 5.92 Å². The summed E-state index contributed by atoms with van der Waals surface area (Å²) < 4.78 is 8.93. The van der Waals surface area contributed by atoms with E-state index in [1.54, 1.807) is 23.4 Å². The standard InChI is InChI=1S/C27H36N6O5/c1-16-5-10-19-20(32(16)26(36)38-4)11-12-21-23(19)29-25(28-22-13-14-31(30-22)15-27(2,3)37)33(21)18-8-6-17(7-9-18)24(34)35/h11-14,16-18,37H,5-10,15H2,1-4H3,(H,34,35)(H,28,29,30)/t16-,17?,18?/m0/s1. The maximum Gasteiger partial charge on any atom is 0.414 e. The summed E-state index contributed by atoms with van der Waals surface area (Å²) in [5, 5.41) is 27.6. The number of carboxylic acid groups (broad SMARTS) is 1. The predicted molar refractivity (Wildman–Crippen MR) is 143 cm³/mol. The van der Waals surface area contributed by atoms with Gasteiger partial charge in [-0.1, -0.05) is 0 Å². The van der Waals surface area contributed by atoms with Gasteiger partial charge in [0.1, 0.15) is 0 Å². The number of carbonyl (C=O) groups excluding carboxylic acids is 1. The summed E-state index contributed by atoms with van der Waals surface area (Å²) in [6.07, 6.45) is 5.67. The zero-order valence-electron chi connectivity index (χ0n) is 22.3. The van der Waals surface area contributed by atoms with Crippen LogP contribution < -0.4 is 10.2 Å². The Bertz CT molecular complexity index is 1350. The first-order chi connectivity index (χ1) is 18.1. The molecule has 1 atom stereocenters. The zero-order chi connectivity index (χ0) is 27.2. The number of aryl methyl sites for hydroxylation is 1. The van der Waals surface area contributed by atoms with Crippen molar-refractivity contribution in [1.29, 1.82) is 0 Å². The fourth-order valence-corrected chi connectivity index (χ4v) is 5.84. The Morgan fingerprint density at radius 3 is 2.55 bits per heavy atom. The quantitative estimate of drug-likeness (QED) is 0.430. The van der Waals surface area contributed by atoms with Gasteiger partial charge in [-0.25, -0.2) is 9.78 Å². The van der Waals surface area contributed by atoms with Crippen LogP contribution in [0.15, 0.2) is 24.4 Å². The molecule has 1 aromatic carbocycles. The normalized spacial score (nSPS) is 21.8. The maximum absolute atomic E-state index is 12.6. The summed E-state index contributed by atoms with van der Waals surface area (Å²) in [6.45, 7) is 5.83. The number of carboxylic acids is 1. The Kier molecular flexibility index (Phi) is 6.81. The molecule has 0 bridgehead atoms. The Balaban J connectivity index is 1.57. The molecule has 1 amide bonds. The van der Waals surface area contributed by atoms with Gasteiger partial charge in [-0.3, -0.25) is 14.4 Å². The summed E-state index contributed by atoms with van der Waals surface area (Å²) in [5.74, 6) is 0.172. The van der Waals surface area contributed by atoms with Crippen LogP contribution in [0.2, 0.25) is 0 Å². The van der Waals surface area contributed by atoms with Gasteiger partial charge in [0.15, 0.2) is 5.82 Å². The number of ether oxygens (including phenoxy) is 1. The van der Waals surface area contributed by atoms with Gasteiger partial charge in [0, 0.05) is 29.9 Å². The number of carbonyl (C=O) groups is 2. The van der Waals surface area contributed by atoms with Gasteiger partial charge in [-0.05, 0) is 71.4 Å². The molecule has 2 aliphatic rings. The van der Waals surface area contributed by atoms with Crippen molar-refractivity contribution in [3.63, 3.8) is 0 Å². The highest BCUT2D eigenvalue weighted by molar-refractivity contribution is 5.96. The van der Waals surface area contributed by atoms with Crippen LogP contribution in [0.3, 0.4) is 0 Å². The van der Waals surface area contributed by atoms with Crippen molar-refractivity contribution >= 4 is 40.5 Å². The number of aromatic nitrogens is 4. The molecule has 0 spiro atoms. The first-order valence-electron chi connectivity index (χ1n) is 13.2. The molecule has 1 aliphatic heterocycles. The number of benzene rings is 1. The van der Waals surface area contributed by atoms with Gasteiger partial charge in [-0.15, -0.1) is 0 Å². The van der Waals surface area contributed by atoms with Gasteiger partial charge in [0.2, 0.25) is 5.95 Å². The second kappa shape index (κ2) is 9.94. The lowest BCUT2D eigenvalue weighted by Gasteiger charge is -2.34. The summed E-state index contributed by atoms with van der Waals surface area (Å²) in [5.41, 5.74) is 2.67. The third kappa shape index (κ3) is 4.94. The minimum Gasteiger partial charge on any atom is -0.481 e. The second-order valence-electron chi connectivity index (χ2n) is 11.1. The van der Waals surface area contributed by atoms with E-state index in [4.69, 9.17) is 9.72 Å². The highest BCUT2D eigenvalue weighted by atomic mass is 16.5. The monoisotopic (exact) mass is 524 g/mol. The fraction of sp³-hybridized carbons (Fsp3) is 0.556. The van der Waals surface area contributed by atoms with E-state index in [1.807, 2.05) is 31.3 Å². The maximum atomic E-state index is 12.6. The van der Waals surface area contributed by atoms with Crippen LogP contribution in [0.5, 0.6) is 0 Å². The molecule has 1 fully saturated rings. The minimum atomic E-state index is -0.902. The number of nitrogens with one attached hydrogen (secondary N) is 1. The lowest BCUT2D eigenvalue weighted by Crippen LogP contribution is -2.42. The van der Waals surface area contributed by atoms with Gasteiger partial charge in [-0.2, -0.15) is 5.10 Å². The molecule has 3 aromatic rings. The minimum absolute atomic E-state index is 0.0121. The van der Waals surface area contributed by atoms with Gasteiger partial charge >= 0.3 is 12.1 Å². The average Bonchev–Trinajstić information content (AvgIpc) is 3.46. The summed E-state index contributed by atoms with van der Waals surface area (Å²) in [4.78, 5) is 30.9. The first kappa shape index (κ1) is 26.0. The molecule has 11 nitrogen and oxygen atoms in total. The van der Waals surface area contributed by atoms with Crippen LogP contribution in [0.1, 0.15) is 64.5 Å². The lowest BCUT2D eigenvalue weighted by atomic mass is 9.86. The van der Waals surface area contributed by atoms with Gasteiger partial charge < -0.3 is 24.8 Å². The Labute approximate surface area is 221 Å². The number of aliphatic hydroxyl groups is 1. The predicted octanol–water partition coefficient (Wildman–Crippen LogP) is 4.47. The molecular formula is C27H36N6O5. The summed E-state index contributed by atoms with van der Waals surface area (Å²) >= 11 is 0. The van der Waals surface area contributed by atoms with E-state index in [0.29, 0.717) is 31.2 Å². The SMILES string of the molecule is COC(=O)N1c2ccc3c(nc(Nc4ccn(CC(C)(C)O)n4)n3C3CCC(C(=O)O)CC3)c2CC[C@@H]1C. The third-order valence-electron chi connectivity index (χ3n) is 7.67. The van der Waals surface area contributed by atoms with E-state index in [9.17, 15) is 19.8 Å². The summed E-state index contributed by atoms with van der Waals surface area (Å²) in [6, 6.07) is 5.89. The number of methoxy groups -OCH3 is 1. The van der Waals surface area contributed by atoms with Crippen molar-refractivity contribution in [1.82, 2.24) is 19.3 Å². The van der Waals surface area contributed by atoms with Gasteiger partial charge in [0.25, 0.3) is 0 Å². The Morgan fingerprint density at radius 1 is 1.16 bits per heavy atom. The zero-order valence-corrected chi connectivity index (χ0v) is 22.3. The second-order valence-corrected chi connectivity index (χ2v) is 11.1. The van der Waals surface area contributed by atoms with Crippen molar-refractivity contribution in [2.75, 3.05) is 17.3 Å². The molecule has 204 valence electrons. The molecule has 1 aliphatic carbocycles. The number of hydrogen-bond donors (Lipinski definition) is 3. The van der Waals surface area contributed by atoms with Crippen LogP contribution in [0.4, 0.5) is 22.2 Å². The molecular weight excluding hydrogens is 488 g/mol. The Morgan fingerprint density at radius 2 is 1.89 bits per heavy atom. The van der Waals surface area contributed by atoms with Gasteiger partial charge in [0.05, 0.1) is 41.9 Å². The first-order valence-corrected chi connectivity index (χ1v) is 13.2. The van der Waals surface area contributed by atoms with Crippen LogP contribution in [0.25, 0.3) is 11.0 Å². The molecule has 0 saturated heterocycles. The third-order valence-corrected chi connectivity index (χ3v) is 7.67. The number of aliphatic carboxylic acids is 1. The average molecular weight is 525 g/mol. The number of nitrogens with zero attached hydrogens (tertiary/aromatic N) is 5. The van der Waals surface area contributed by atoms with Crippen LogP contribution in [-0.2, 0) is 22.5 Å². The fourth-order valence-electron chi connectivity index (χ4n) is 5.84. The topological polar surface area (TPSA) is 135 Å². The molecule has 3 N–H and O–H groups in total. The molecule has 3 heterocycles. The Hall–Kier alpha value is -3.60. The molecule has 5 rings (SSSR count). The van der Waals surface area contributed by atoms with Crippen molar-refractivity contribution < 1.29 is 24.5 Å². The number of rotatable bonds is 6. The summed E-state index contributed by atoms with van der Waals surface area (Å²) in [7, 11) is 1.39. The van der Waals surface area contributed by atoms with Crippen molar-refractivity contribution in [3.05, 3.63) is 30.0 Å². The number of fused-ring (bicyclic) bond motifs is 3. The number of hydrogen-bond acceptors (Lipinski definition) is 7. The molecule has 1 saturated carbocycles. The number of anilines is 3. The number of amides is 1.